The molecule has 1 saturated heterocycles. The zero-order chi connectivity index (χ0) is 13.0. The van der Waals surface area contributed by atoms with Crippen LogP contribution < -0.4 is 10.9 Å². The summed E-state index contributed by atoms with van der Waals surface area (Å²) in [6.07, 6.45) is 2.50. The summed E-state index contributed by atoms with van der Waals surface area (Å²) in [5, 5.41) is 0. The van der Waals surface area contributed by atoms with E-state index in [0.717, 1.165) is 6.42 Å². The number of carbonyl (C=O) groups excluding carboxylic acids is 1. The first-order valence-corrected chi connectivity index (χ1v) is 6.14. The van der Waals surface area contributed by atoms with E-state index < -0.39 is 0 Å². The minimum absolute atomic E-state index is 0.0980. The molecule has 1 aromatic rings. The summed E-state index contributed by atoms with van der Waals surface area (Å²) in [5.74, 6) is 0.0980. The predicted molar refractivity (Wildman–Crippen MR) is 71.7 cm³/mol. The average Bonchev–Trinajstić information content (AvgIpc) is 2.89. The van der Waals surface area contributed by atoms with Crippen molar-refractivity contribution in [2.24, 2.45) is 0 Å². The monoisotopic (exact) mass is 245 g/mol. The van der Waals surface area contributed by atoms with Gasteiger partial charge in [0.1, 0.15) is 6.04 Å². The Bertz CT molecular complexity index is 418. The van der Waals surface area contributed by atoms with Gasteiger partial charge in [-0.3, -0.25) is 4.79 Å². The minimum Gasteiger partial charge on any atom is -0.341 e. The molecular formula is C14H19N3O. The molecule has 1 heterocycles. The standard InChI is InChI=1S/C14H19N3O/c1-3-9-17(2)14(18)13-10-12(15-16-13)11-7-5-4-6-8-11/h3-8,12-13,15-16H,1,9-10H2,2H3. The smallest absolute Gasteiger partial charge is 0.241 e. The lowest BCUT2D eigenvalue weighted by molar-refractivity contribution is -0.131. The fourth-order valence-corrected chi connectivity index (χ4v) is 2.17. The first-order chi connectivity index (χ1) is 8.72. The van der Waals surface area contributed by atoms with Crippen LogP contribution in [0.25, 0.3) is 0 Å². The second-order valence-electron chi connectivity index (χ2n) is 4.55. The molecular weight excluding hydrogens is 226 g/mol. The van der Waals surface area contributed by atoms with Crippen LogP contribution >= 0.6 is 0 Å². The lowest BCUT2D eigenvalue weighted by Gasteiger charge is -2.18. The average molecular weight is 245 g/mol. The van der Waals surface area contributed by atoms with Gasteiger partial charge in [0.05, 0.1) is 0 Å². The van der Waals surface area contributed by atoms with Gasteiger partial charge in [0.2, 0.25) is 5.91 Å². The van der Waals surface area contributed by atoms with Crippen LogP contribution in [-0.2, 0) is 4.79 Å². The molecule has 0 aromatic heterocycles. The highest BCUT2D eigenvalue weighted by Crippen LogP contribution is 2.22. The summed E-state index contributed by atoms with van der Waals surface area (Å²) in [4.78, 5) is 13.8. The molecule has 1 aromatic carbocycles. The Morgan fingerprint density at radius 3 is 2.83 bits per heavy atom. The van der Waals surface area contributed by atoms with Crippen LogP contribution in [0.5, 0.6) is 0 Å². The van der Waals surface area contributed by atoms with Crippen LogP contribution in [0.15, 0.2) is 43.0 Å². The number of nitrogens with zero attached hydrogens (tertiary/aromatic N) is 1. The molecule has 1 aliphatic rings. The Kier molecular flexibility index (Phi) is 4.12. The van der Waals surface area contributed by atoms with Crippen molar-refractivity contribution in [3.05, 3.63) is 48.6 Å². The number of hydrazine groups is 1. The molecule has 18 heavy (non-hydrogen) atoms. The molecule has 2 rings (SSSR count). The zero-order valence-corrected chi connectivity index (χ0v) is 10.6. The fraction of sp³-hybridized carbons (Fsp3) is 0.357. The van der Waals surface area contributed by atoms with E-state index in [1.165, 1.54) is 5.56 Å². The molecule has 0 saturated carbocycles. The second-order valence-corrected chi connectivity index (χ2v) is 4.55. The maximum absolute atomic E-state index is 12.1. The van der Waals surface area contributed by atoms with Crippen molar-refractivity contribution in [1.29, 1.82) is 0 Å². The Labute approximate surface area is 108 Å². The maximum atomic E-state index is 12.1. The van der Waals surface area contributed by atoms with Crippen LogP contribution in [0.3, 0.4) is 0 Å². The highest BCUT2D eigenvalue weighted by atomic mass is 16.2. The van der Waals surface area contributed by atoms with Crippen molar-refractivity contribution in [2.75, 3.05) is 13.6 Å². The largest absolute Gasteiger partial charge is 0.341 e. The quantitative estimate of drug-likeness (QED) is 0.784. The molecule has 2 unspecified atom stereocenters. The van der Waals surface area contributed by atoms with Crippen molar-refractivity contribution >= 4 is 5.91 Å². The number of amides is 1. The molecule has 0 aliphatic carbocycles. The molecule has 1 aliphatic heterocycles. The van der Waals surface area contributed by atoms with Crippen LogP contribution in [-0.4, -0.2) is 30.4 Å². The Hall–Kier alpha value is -1.65. The Morgan fingerprint density at radius 1 is 1.44 bits per heavy atom. The second kappa shape index (κ2) is 5.80. The van der Waals surface area contributed by atoms with Gasteiger partial charge < -0.3 is 4.90 Å². The van der Waals surface area contributed by atoms with Crippen molar-refractivity contribution < 1.29 is 4.79 Å². The van der Waals surface area contributed by atoms with E-state index in [-0.39, 0.29) is 18.0 Å². The highest BCUT2D eigenvalue weighted by Gasteiger charge is 2.31. The number of benzene rings is 1. The van der Waals surface area contributed by atoms with E-state index in [9.17, 15) is 4.79 Å². The number of rotatable bonds is 4. The first kappa shape index (κ1) is 12.8. The van der Waals surface area contributed by atoms with Gasteiger partial charge in [-0.25, -0.2) is 10.9 Å². The molecule has 2 N–H and O–H groups in total. The van der Waals surface area contributed by atoms with Crippen molar-refractivity contribution in [3.8, 4) is 0 Å². The van der Waals surface area contributed by atoms with Gasteiger partial charge in [-0.2, -0.15) is 0 Å². The van der Waals surface area contributed by atoms with Crippen LogP contribution in [0.2, 0.25) is 0 Å². The number of likely N-dealkylation sites (N-methyl/N-ethyl adjacent to an activating group) is 1. The van der Waals surface area contributed by atoms with Crippen molar-refractivity contribution in [1.82, 2.24) is 15.8 Å². The van der Waals surface area contributed by atoms with Gasteiger partial charge in [-0.1, -0.05) is 36.4 Å². The molecule has 0 radical (unpaired) electrons. The Morgan fingerprint density at radius 2 is 2.17 bits per heavy atom. The van der Waals surface area contributed by atoms with E-state index in [1.807, 2.05) is 18.2 Å². The third-order valence-corrected chi connectivity index (χ3v) is 3.18. The molecule has 0 bridgehead atoms. The SMILES string of the molecule is C=CCN(C)C(=O)C1CC(c2ccccc2)NN1. The topological polar surface area (TPSA) is 44.4 Å². The zero-order valence-electron chi connectivity index (χ0n) is 10.6. The summed E-state index contributed by atoms with van der Waals surface area (Å²) in [5.41, 5.74) is 7.45. The van der Waals surface area contributed by atoms with Gasteiger partial charge in [-0.15, -0.1) is 6.58 Å². The molecule has 96 valence electrons. The summed E-state index contributed by atoms with van der Waals surface area (Å²) in [7, 11) is 1.79. The number of nitrogens with one attached hydrogen (secondary N) is 2. The predicted octanol–water partition coefficient (Wildman–Crippen LogP) is 1.24. The lowest BCUT2D eigenvalue weighted by atomic mass is 10.0. The van der Waals surface area contributed by atoms with E-state index in [1.54, 1.807) is 18.0 Å². The van der Waals surface area contributed by atoms with Gasteiger partial charge in [0, 0.05) is 19.6 Å². The van der Waals surface area contributed by atoms with Gasteiger partial charge in [0.15, 0.2) is 0 Å². The third kappa shape index (κ3) is 2.78. The normalized spacial score (nSPS) is 22.7. The third-order valence-electron chi connectivity index (χ3n) is 3.18. The molecule has 4 nitrogen and oxygen atoms in total. The van der Waals surface area contributed by atoms with E-state index in [4.69, 9.17) is 0 Å². The van der Waals surface area contributed by atoms with Gasteiger partial charge in [0.25, 0.3) is 0 Å². The highest BCUT2D eigenvalue weighted by molar-refractivity contribution is 5.82. The maximum Gasteiger partial charge on any atom is 0.241 e. The number of hydrogen-bond donors (Lipinski definition) is 2. The van der Waals surface area contributed by atoms with Gasteiger partial charge in [-0.05, 0) is 12.0 Å². The van der Waals surface area contributed by atoms with Crippen LogP contribution in [0, 0.1) is 0 Å². The van der Waals surface area contributed by atoms with Crippen molar-refractivity contribution in [2.45, 2.75) is 18.5 Å². The van der Waals surface area contributed by atoms with Crippen LogP contribution in [0.4, 0.5) is 0 Å². The summed E-state index contributed by atoms with van der Waals surface area (Å²) in [6, 6.07) is 10.2. The first-order valence-electron chi connectivity index (χ1n) is 6.14. The van der Waals surface area contributed by atoms with Crippen LogP contribution in [0.1, 0.15) is 18.0 Å². The minimum atomic E-state index is -0.167. The van der Waals surface area contributed by atoms with E-state index >= 15 is 0 Å². The summed E-state index contributed by atoms with van der Waals surface area (Å²) < 4.78 is 0. The molecule has 1 fully saturated rings. The number of carbonyl (C=O) groups is 1. The molecule has 1 amide bonds. The number of hydrogen-bond acceptors (Lipinski definition) is 3. The Balaban J connectivity index is 1.96. The van der Waals surface area contributed by atoms with E-state index in [0.29, 0.717) is 6.54 Å². The molecule has 4 heteroatoms. The fourth-order valence-electron chi connectivity index (χ4n) is 2.17. The van der Waals surface area contributed by atoms with Crippen molar-refractivity contribution in [3.63, 3.8) is 0 Å². The summed E-state index contributed by atoms with van der Waals surface area (Å²) in [6.45, 7) is 4.22. The molecule has 0 spiro atoms. The molecule has 2 atom stereocenters. The van der Waals surface area contributed by atoms with E-state index in [2.05, 4.69) is 29.6 Å². The summed E-state index contributed by atoms with van der Waals surface area (Å²) >= 11 is 0. The van der Waals surface area contributed by atoms with Gasteiger partial charge >= 0.3 is 0 Å². The lowest BCUT2D eigenvalue weighted by Crippen LogP contribution is -2.44.